The summed E-state index contributed by atoms with van der Waals surface area (Å²) in [5.74, 6) is -0.118. The summed E-state index contributed by atoms with van der Waals surface area (Å²) in [5, 5.41) is 9.62. The molecule has 1 fully saturated rings. The van der Waals surface area contributed by atoms with Crippen LogP contribution in [0.15, 0.2) is 42.0 Å². The normalized spacial score (nSPS) is 16.6. The molecule has 2 aromatic heterocycles. The van der Waals surface area contributed by atoms with Gasteiger partial charge in [0.1, 0.15) is 10.7 Å². The summed E-state index contributed by atoms with van der Waals surface area (Å²) in [4.78, 5) is 19.4. The maximum Gasteiger partial charge on any atom is 0.418 e. The lowest BCUT2D eigenvalue weighted by atomic mass is 10.1. The number of nitrogens with zero attached hydrogens (tertiary/aromatic N) is 4. The highest BCUT2D eigenvalue weighted by molar-refractivity contribution is 7.13. The molecule has 1 aliphatic rings. The number of carbonyl (C=O) groups excluding carboxylic acids is 1. The van der Waals surface area contributed by atoms with E-state index in [1.165, 1.54) is 46.6 Å². The first-order chi connectivity index (χ1) is 14.9. The molecule has 0 bridgehead atoms. The molecule has 0 saturated carbocycles. The predicted octanol–water partition coefficient (Wildman–Crippen LogP) is 4.23. The van der Waals surface area contributed by atoms with Gasteiger partial charge in [-0.25, -0.2) is 9.67 Å². The first-order valence-corrected chi connectivity index (χ1v) is 10.9. The number of amides is 1. The molecule has 0 spiro atoms. The smallest absolute Gasteiger partial charge is 0.333 e. The molecule has 6 nitrogen and oxygen atoms in total. The molecule has 1 amide bonds. The van der Waals surface area contributed by atoms with E-state index in [1.54, 1.807) is 5.38 Å². The molecule has 1 aliphatic heterocycles. The van der Waals surface area contributed by atoms with Gasteiger partial charge in [0.2, 0.25) is 0 Å². The van der Waals surface area contributed by atoms with Crippen LogP contribution in [0.3, 0.4) is 0 Å². The number of hydrogen-bond donors (Lipinski definition) is 1. The van der Waals surface area contributed by atoms with E-state index in [4.69, 9.17) is 0 Å². The van der Waals surface area contributed by atoms with Crippen LogP contribution in [0.4, 0.5) is 13.2 Å². The van der Waals surface area contributed by atoms with Crippen molar-refractivity contribution in [1.82, 2.24) is 25.0 Å². The summed E-state index contributed by atoms with van der Waals surface area (Å²) in [7, 11) is 0. The SMILES string of the molecule is CCCN(C(=O)c1csc(-c2cnn(-c3ccccc3C(F)(F)F)c2)n1)[C@H]1CCNC1. The second kappa shape index (κ2) is 8.80. The minimum Gasteiger partial charge on any atom is -0.333 e. The number of halogens is 3. The molecule has 4 rings (SSSR count). The molecule has 0 aliphatic carbocycles. The Hall–Kier alpha value is -2.72. The van der Waals surface area contributed by atoms with Crippen LogP contribution in [-0.2, 0) is 6.18 Å². The van der Waals surface area contributed by atoms with Crippen molar-refractivity contribution < 1.29 is 18.0 Å². The Labute approximate surface area is 181 Å². The fourth-order valence-corrected chi connectivity index (χ4v) is 4.50. The molecule has 1 N–H and O–H groups in total. The van der Waals surface area contributed by atoms with Gasteiger partial charge in [-0.2, -0.15) is 18.3 Å². The highest BCUT2D eigenvalue weighted by Crippen LogP contribution is 2.34. The Morgan fingerprint density at radius 3 is 2.87 bits per heavy atom. The van der Waals surface area contributed by atoms with Crippen LogP contribution in [0.2, 0.25) is 0 Å². The molecular formula is C21H22F3N5OS. The van der Waals surface area contributed by atoms with E-state index in [0.29, 0.717) is 22.8 Å². The molecule has 1 atom stereocenters. The van der Waals surface area contributed by atoms with Crippen LogP contribution in [0.5, 0.6) is 0 Å². The lowest BCUT2D eigenvalue weighted by Gasteiger charge is -2.27. The predicted molar refractivity (Wildman–Crippen MR) is 112 cm³/mol. The van der Waals surface area contributed by atoms with Gasteiger partial charge in [-0.05, 0) is 31.5 Å². The van der Waals surface area contributed by atoms with E-state index in [-0.39, 0.29) is 17.6 Å². The number of hydrogen-bond acceptors (Lipinski definition) is 5. The zero-order valence-corrected chi connectivity index (χ0v) is 17.7. The Bertz CT molecular complexity index is 1060. The zero-order valence-electron chi connectivity index (χ0n) is 16.9. The van der Waals surface area contributed by atoms with Gasteiger partial charge in [0.15, 0.2) is 0 Å². The number of para-hydroxylation sites is 1. The van der Waals surface area contributed by atoms with Crippen molar-refractivity contribution in [2.45, 2.75) is 32.0 Å². The highest BCUT2D eigenvalue weighted by atomic mass is 32.1. The number of rotatable bonds is 6. The third kappa shape index (κ3) is 4.49. The topological polar surface area (TPSA) is 63.1 Å². The Morgan fingerprint density at radius 1 is 1.35 bits per heavy atom. The first-order valence-electron chi connectivity index (χ1n) is 10.1. The summed E-state index contributed by atoms with van der Waals surface area (Å²) >= 11 is 1.28. The minimum atomic E-state index is -4.48. The molecule has 0 radical (unpaired) electrons. The molecule has 164 valence electrons. The van der Waals surface area contributed by atoms with E-state index in [1.807, 2.05) is 11.8 Å². The third-order valence-electron chi connectivity index (χ3n) is 5.21. The van der Waals surface area contributed by atoms with E-state index in [2.05, 4.69) is 15.4 Å². The van der Waals surface area contributed by atoms with Gasteiger partial charge >= 0.3 is 6.18 Å². The third-order valence-corrected chi connectivity index (χ3v) is 6.10. The fraction of sp³-hybridized carbons (Fsp3) is 0.381. The summed E-state index contributed by atoms with van der Waals surface area (Å²) < 4.78 is 41.2. The Morgan fingerprint density at radius 2 is 2.16 bits per heavy atom. The second-order valence-corrected chi connectivity index (χ2v) is 8.23. The second-order valence-electron chi connectivity index (χ2n) is 7.37. The van der Waals surface area contributed by atoms with Crippen molar-refractivity contribution in [2.24, 2.45) is 0 Å². The molecule has 3 heterocycles. The van der Waals surface area contributed by atoms with Gasteiger partial charge in [0.25, 0.3) is 5.91 Å². The average Bonchev–Trinajstić information content (AvgIpc) is 3.52. The largest absolute Gasteiger partial charge is 0.418 e. The summed E-state index contributed by atoms with van der Waals surface area (Å²) in [6.45, 7) is 4.35. The Balaban J connectivity index is 1.58. The van der Waals surface area contributed by atoms with Gasteiger partial charge in [-0.1, -0.05) is 19.1 Å². The Kier molecular flexibility index (Phi) is 6.10. The number of nitrogens with one attached hydrogen (secondary N) is 1. The van der Waals surface area contributed by atoms with Crippen molar-refractivity contribution in [1.29, 1.82) is 0 Å². The molecule has 10 heteroatoms. The van der Waals surface area contributed by atoms with E-state index in [0.717, 1.165) is 32.0 Å². The van der Waals surface area contributed by atoms with E-state index >= 15 is 0 Å². The number of thiazole rings is 1. The van der Waals surface area contributed by atoms with Crippen molar-refractivity contribution in [3.8, 4) is 16.3 Å². The molecule has 0 unspecified atom stereocenters. The molecule has 31 heavy (non-hydrogen) atoms. The monoisotopic (exact) mass is 449 g/mol. The van der Waals surface area contributed by atoms with Gasteiger partial charge < -0.3 is 10.2 Å². The van der Waals surface area contributed by atoms with Crippen LogP contribution < -0.4 is 5.32 Å². The van der Waals surface area contributed by atoms with Crippen LogP contribution >= 0.6 is 11.3 Å². The van der Waals surface area contributed by atoms with Crippen LogP contribution in [0.25, 0.3) is 16.3 Å². The summed E-state index contributed by atoms with van der Waals surface area (Å²) in [6, 6.07) is 5.43. The number of aromatic nitrogens is 3. The van der Waals surface area contributed by atoms with Crippen LogP contribution in [-0.4, -0.2) is 51.2 Å². The maximum absolute atomic E-state index is 13.3. The summed E-state index contributed by atoms with van der Waals surface area (Å²) in [5.41, 5.74) is 0.0893. The minimum absolute atomic E-state index is 0.0584. The molecular weight excluding hydrogens is 427 g/mol. The van der Waals surface area contributed by atoms with Crippen molar-refractivity contribution in [3.05, 3.63) is 53.3 Å². The highest BCUT2D eigenvalue weighted by Gasteiger charge is 2.34. The fourth-order valence-electron chi connectivity index (χ4n) is 3.73. The lowest BCUT2D eigenvalue weighted by Crippen LogP contribution is -2.42. The first kappa shape index (κ1) is 21.5. The van der Waals surface area contributed by atoms with Crippen molar-refractivity contribution in [2.75, 3.05) is 19.6 Å². The van der Waals surface area contributed by atoms with Crippen LogP contribution in [0.1, 0.15) is 35.8 Å². The van der Waals surface area contributed by atoms with Gasteiger partial charge in [-0.3, -0.25) is 4.79 Å². The quantitative estimate of drug-likeness (QED) is 0.612. The van der Waals surface area contributed by atoms with Crippen molar-refractivity contribution in [3.63, 3.8) is 0 Å². The number of benzene rings is 1. The number of alkyl halides is 3. The van der Waals surface area contributed by atoms with Gasteiger partial charge in [-0.15, -0.1) is 11.3 Å². The van der Waals surface area contributed by atoms with Gasteiger partial charge in [0.05, 0.1) is 17.4 Å². The zero-order chi connectivity index (χ0) is 22.0. The van der Waals surface area contributed by atoms with E-state index in [9.17, 15) is 18.0 Å². The van der Waals surface area contributed by atoms with E-state index < -0.39 is 11.7 Å². The maximum atomic E-state index is 13.3. The summed E-state index contributed by atoms with van der Waals surface area (Å²) in [6.07, 6.45) is 0.243. The standard InChI is InChI=1S/C21H22F3N5OS/c1-2-9-28(15-7-8-25-11-15)20(30)17-13-31-19(27-17)14-10-26-29(12-14)18-6-4-3-5-16(18)21(22,23)24/h3-6,10,12-13,15,25H,2,7-9,11H2,1H3/t15-/m0/s1. The molecule has 1 aromatic carbocycles. The lowest BCUT2D eigenvalue weighted by molar-refractivity contribution is -0.137. The van der Waals surface area contributed by atoms with Crippen LogP contribution in [0, 0.1) is 0 Å². The van der Waals surface area contributed by atoms with Crippen molar-refractivity contribution >= 4 is 17.2 Å². The average molecular weight is 450 g/mol. The number of carbonyl (C=O) groups is 1. The van der Waals surface area contributed by atoms with Gasteiger partial charge in [0, 0.05) is 36.3 Å². The molecule has 3 aromatic rings. The molecule has 1 saturated heterocycles.